The Hall–Kier alpha value is -2.40. The number of anilines is 1. The van der Waals surface area contributed by atoms with Gasteiger partial charge in [0.15, 0.2) is 5.11 Å². The molecule has 4 bridgehead atoms. The number of thiocarbonyl (C=S) groups is 1. The summed E-state index contributed by atoms with van der Waals surface area (Å²) in [5.41, 5.74) is 6.77. The van der Waals surface area contributed by atoms with Gasteiger partial charge >= 0.3 is 0 Å². The van der Waals surface area contributed by atoms with Crippen LogP contribution in [0, 0.1) is 17.8 Å². The van der Waals surface area contributed by atoms with E-state index in [9.17, 15) is 0 Å². The first-order valence-corrected chi connectivity index (χ1v) is 11.4. The molecule has 4 fully saturated rings. The van der Waals surface area contributed by atoms with Gasteiger partial charge in [0, 0.05) is 0 Å². The predicted molar refractivity (Wildman–Crippen MR) is 126 cm³/mol. The van der Waals surface area contributed by atoms with Crippen molar-refractivity contribution in [1.82, 2.24) is 5.43 Å². The third-order valence-electron chi connectivity index (χ3n) is 7.30. The highest BCUT2D eigenvalue weighted by Crippen LogP contribution is 2.60. The maximum atomic E-state index is 5.34. The first-order chi connectivity index (χ1) is 14.6. The fourth-order valence-corrected chi connectivity index (χ4v) is 6.61. The normalized spacial score (nSPS) is 29.2. The van der Waals surface area contributed by atoms with Crippen LogP contribution in [0.3, 0.4) is 0 Å². The minimum Gasteiger partial charge on any atom is -0.495 e. The largest absolute Gasteiger partial charge is 0.495 e. The van der Waals surface area contributed by atoms with E-state index in [4.69, 9.17) is 17.0 Å². The van der Waals surface area contributed by atoms with Crippen molar-refractivity contribution >= 4 is 29.2 Å². The highest BCUT2D eigenvalue weighted by Gasteiger charge is 2.51. The quantitative estimate of drug-likeness (QED) is 0.382. The monoisotopic (exact) mass is 419 g/mol. The zero-order valence-electron chi connectivity index (χ0n) is 17.4. The highest BCUT2D eigenvalue weighted by atomic mass is 32.1. The van der Waals surface area contributed by atoms with E-state index in [1.54, 1.807) is 12.7 Å². The van der Waals surface area contributed by atoms with Crippen molar-refractivity contribution in [2.24, 2.45) is 22.9 Å². The molecule has 4 nitrogen and oxygen atoms in total. The Morgan fingerprint density at radius 1 is 1.00 bits per heavy atom. The maximum absolute atomic E-state index is 5.34. The molecule has 4 aliphatic carbocycles. The van der Waals surface area contributed by atoms with Gasteiger partial charge in [0.05, 0.1) is 19.0 Å². The lowest BCUT2D eigenvalue weighted by Gasteiger charge is -2.57. The van der Waals surface area contributed by atoms with Crippen LogP contribution in [0.4, 0.5) is 5.69 Å². The Morgan fingerprint density at radius 2 is 1.63 bits per heavy atom. The van der Waals surface area contributed by atoms with E-state index in [1.165, 1.54) is 38.5 Å². The third-order valence-corrected chi connectivity index (χ3v) is 7.49. The van der Waals surface area contributed by atoms with E-state index in [0.29, 0.717) is 10.5 Å². The van der Waals surface area contributed by atoms with Gasteiger partial charge in [-0.2, -0.15) is 5.10 Å². The molecule has 4 aliphatic rings. The fraction of sp³-hybridized carbons (Fsp3) is 0.440. The lowest BCUT2D eigenvalue weighted by Crippen LogP contribution is -2.48. The van der Waals surface area contributed by atoms with Crippen LogP contribution in [-0.2, 0) is 5.41 Å². The summed E-state index contributed by atoms with van der Waals surface area (Å²) < 4.78 is 5.33. The summed E-state index contributed by atoms with van der Waals surface area (Å²) in [6.07, 6.45) is 10.5. The van der Waals surface area contributed by atoms with Gasteiger partial charge in [0.1, 0.15) is 5.75 Å². The first-order valence-electron chi connectivity index (χ1n) is 11.0. The van der Waals surface area contributed by atoms with Gasteiger partial charge in [-0.25, -0.2) is 0 Å². The Kier molecular flexibility index (Phi) is 5.23. The zero-order valence-corrected chi connectivity index (χ0v) is 18.3. The van der Waals surface area contributed by atoms with Gasteiger partial charge in [-0.3, -0.25) is 5.43 Å². The van der Waals surface area contributed by atoms with E-state index in [-0.39, 0.29) is 0 Å². The second kappa shape index (κ2) is 8.03. The SMILES string of the molecule is COc1ccccc1NC(=S)NN=Cc1ccc(C23CC4CC(CC(C4)C2)C3)cc1. The molecule has 156 valence electrons. The van der Waals surface area contributed by atoms with Gasteiger partial charge in [0.2, 0.25) is 0 Å². The molecule has 0 aliphatic heterocycles. The molecule has 2 aromatic carbocycles. The van der Waals surface area contributed by atoms with Gasteiger partial charge in [0.25, 0.3) is 0 Å². The molecule has 0 unspecified atom stereocenters. The number of para-hydroxylation sites is 2. The topological polar surface area (TPSA) is 45.6 Å². The molecule has 30 heavy (non-hydrogen) atoms. The fourth-order valence-electron chi connectivity index (χ4n) is 6.45. The minimum atomic E-state index is 0.431. The van der Waals surface area contributed by atoms with E-state index >= 15 is 0 Å². The van der Waals surface area contributed by atoms with Crippen LogP contribution < -0.4 is 15.5 Å². The number of nitrogens with one attached hydrogen (secondary N) is 2. The Morgan fingerprint density at radius 3 is 2.27 bits per heavy atom. The molecule has 5 heteroatoms. The van der Waals surface area contributed by atoms with Gasteiger partial charge in [-0.1, -0.05) is 36.4 Å². The summed E-state index contributed by atoms with van der Waals surface area (Å²) in [5, 5.41) is 7.84. The van der Waals surface area contributed by atoms with Crippen LogP contribution in [0.5, 0.6) is 5.75 Å². The molecule has 0 spiro atoms. The lowest BCUT2D eigenvalue weighted by atomic mass is 9.48. The van der Waals surface area contributed by atoms with Gasteiger partial charge in [-0.05, 0) is 97.2 Å². The smallest absolute Gasteiger partial charge is 0.191 e. The second-order valence-corrected chi connectivity index (χ2v) is 9.75. The van der Waals surface area contributed by atoms with Gasteiger partial charge < -0.3 is 10.1 Å². The summed E-state index contributed by atoms with van der Waals surface area (Å²) in [6.45, 7) is 0. The molecule has 0 radical (unpaired) electrons. The molecule has 2 aromatic rings. The summed E-state index contributed by atoms with van der Waals surface area (Å²) in [4.78, 5) is 0. The van der Waals surface area contributed by atoms with Crippen molar-refractivity contribution in [3.63, 3.8) is 0 Å². The lowest BCUT2D eigenvalue weighted by molar-refractivity contribution is -0.00518. The molecule has 0 amide bonds. The molecule has 0 atom stereocenters. The Labute approximate surface area is 184 Å². The Balaban J connectivity index is 1.20. The van der Waals surface area contributed by atoms with E-state index in [2.05, 4.69) is 40.1 Å². The number of methoxy groups -OCH3 is 1. The number of ether oxygens (including phenoxy) is 1. The van der Waals surface area contributed by atoms with Crippen LogP contribution >= 0.6 is 12.2 Å². The molecule has 2 N–H and O–H groups in total. The number of hydrazone groups is 1. The summed E-state index contributed by atoms with van der Waals surface area (Å²) in [6, 6.07) is 16.7. The van der Waals surface area contributed by atoms with Crippen molar-refractivity contribution in [1.29, 1.82) is 0 Å². The third kappa shape index (κ3) is 3.83. The van der Waals surface area contributed by atoms with Crippen molar-refractivity contribution in [3.8, 4) is 5.75 Å². The number of hydrogen-bond donors (Lipinski definition) is 2. The van der Waals surface area contributed by atoms with E-state index in [1.807, 2.05) is 30.5 Å². The van der Waals surface area contributed by atoms with Crippen molar-refractivity contribution in [2.45, 2.75) is 43.9 Å². The predicted octanol–water partition coefficient (Wildman–Crippen LogP) is 5.48. The van der Waals surface area contributed by atoms with Crippen molar-refractivity contribution < 1.29 is 4.74 Å². The van der Waals surface area contributed by atoms with Crippen LogP contribution in [0.2, 0.25) is 0 Å². The van der Waals surface area contributed by atoms with Gasteiger partial charge in [-0.15, -0.1) is 0 Å². The van der Waals surface area contributed by atoms with Crippen molar-refractivity contribution in [3.05, 3.63) is 59.7 Å². The molecular weight excluding hydrogens is 390 g/mol. The molecular formula is C25H29N3OS. The van der Waals surface area contributed by atoms with Crippen LogP contribution in [-0.4, -0.2) is 18.4 Å². The maximum Gasteiger partial charge on any atom is 0.191 e. The average molecular weight is 420 g/mol. The summed E-state index contributed by atoms with van der Waals surface area (Å²) in [7, 11) is 1.64. The second-order valence-electron chi connectivity index (χ2n) is 9.34. The number of nitrogens with zero attached hydrogens (tertiary/aromatic N) is 1. The van der Waals surface area contributed by atoms with Crippen molar-refractivity contribution in [2.75, 3.05) is 12.4 Å². The molecule has 6 rings (SSSR count). The number of hydrogen-bond acceptors (Lipinski definition) is 3. The van der Waals surface area contributed by atoms with E-state index in [0.717, 1.165) is 34.8 Å². The van der Waals surface area contributed by atoms with Crippen LogP contribution in [0.25, 0.3) is 0 Å². The molecule has 0 aromatic heterocycles. The van der Waals surface area contributed by atoms with E-state index < -0.39 is 0 Å². The standard InChI is InChI=1S/C25H29N3OS/c1-29-23-5-3-2-4-22(23)27-24(30)28-26-16-17-6-8-21(9-7-17)25-13-18-10-19(14-25)12-20(11-18)15-25/h2-9,16,18-20H,10-15H2,1H3,(H2,27,28,30). The molecule has 0 heterocycles. The van der Waals surface area contributed by atoms with Crippen LogP contribution in [0.1, 0.15) is 49.7 Å². The molecule has 0 saturated heterocycles. The first kappa shape index (κ1) is 19.6. The number of benzene rings is 2. The highest BCUT2D eigenvalue weighted by molar-refractivity contribution is 7.80. The summed E-state index contributed by atoms with van der Waals surface area (Å²) in [5.74, 6) is 3.65. The number of rotatable bonds is 5. The molecule has 4 saturated carbocycles. The minimum absolute atomic E-state index is 0.431. The Bertz CT molecular complexity index is 918. The zero-order chi connectivity index (χ0) is 20.6. The van der Waals surface area contributed by atoms with Crippen LogP contribution in [0.15, 0.2) is 53.6 Å². The average Bonchev–Trinajstić information content (AvgIpc) is 2.73. The summed E-state index contributed by atoms with van der Waals surface area (Å²) >= 11 is 5.34.